The standard InChI is InChI=1S/C35H22/c1-4-13-26(14-5-1)23-24-29-19-12-22-32-30-20-10-11-21-31(30)34(35(29)32)25-33(27-15-6-2-7-16-27)28-17-8-3-9-18-28/h1-22H. The van der Waals surface area contributed by atoms with E-state index in [1.54, 1.807) is 0 Å². The molecule has 0 spiro atoms. The fraction of sp³-hybridized carbons (Fsp3) is 0. The van der Waals surface area contributed by atoms with Gasteiger partial charge in [-0.3, -0.25) is 0 Å². The molecule has 0 nitrogen and oxygen atoms in total. The van der Waals surface area contributed by atoms with E-state index >= 15 is 0 Å². The van der Waals surface area contributed by atoms with E-state index in [0.29, 0.717) is 0 Å². The molecule has 162 valence electrons. The van der Waals surface area contributed by atoms with Crippen LogP contribution in [0.15, 0.2) is 139 Å². The molecular weight excluding hydrogens is 420 g/mol. The number of rotatable bonds is 2. The zero-order valence-corrected chi connectivity index (χ0v) is 19.2. The van der Waals surface area contributed by atoms with E-state index in [9.17, 15) is 0 Å². The lowest BCUT2D eigenvalue weighted by atomic mass is 9.94. The largest absolute Gasteiger partial charge is 0.102 e. The van der Waals surface area contributed by atoms with Gasteiger partial charge in [-0.15, -0.1) is 5.73 Å². The van der Waals surface area contributed by atoms with E-state index in [0.717, 1.165) is 39.0 Å². The predicted molar refractivity (Wildman–Crippen MR) is 146 cm³/mol. The van der Waals surface area contributed by atoms with Crippen LogP contribution in [-0.4, -0.2) is 0 Å². The Hall–Kier alpha value is -4.82. The van der Waals surface area contributed by atoms with Crippen molar-refractivity contribution in [3.8, 4) is 23.0 Å². The second-order valence-electron chi connectivity index (χ2n) is 8.50. The first-order chi connectivity index (χ1) is 17.4. The van der Waals surface area contributed by atoms with Gasteiger partial charge in [0.25, 0.3) is 0 Å². The Morgan fingerprint density at radius 1 is 0.429 bits per heavy atom. The molecule has 6 rings (SSSR count). The van der Waals surface area contributed by atoms with Crippen LogP contribution in [0, 0.1) is 11.8 Å². The fourth-order valence-corrected chi connectivity index (χ4v) is 4.66. The molecule has 0 radical (unpaired) electrons. The maximum absolute atomic E-state index is 3.87. The number of hydrogen-bond donors (Lipinski definition) is 0. The van der Waals surface area contributed by atoms with Gasteiger partial charge in [-0.25, -0.2) is 0 Å². The van der Waals surface area contributed by atoms with Crippen molar-refractivity contribution in [2.45, 2.75) is 0 Å². The van der Waals surface area contributed by atoms with Crippen molar-refractivity contribution < 1.29 is 0 Å². The van der Waals surface area contributed by atoms with Crippen molar-refractivity contribution >= 4 is 11.1 Å². The third-order valence-corrected chi connectivity index (χ3v) is 6.29. The molecule has 5 aromatic carbocycles. The molecule has 0 amide bonds. The monoisotopic (exact) mass is 442 g/mol. The van der Waals surface area contributed by atoms with E-state index in [2.05, 4.69) is 121 Å². The summed E-state index contributed by atoms with van der Waals surface area (Å²) in [5.41, 5.74) is 15.1. The molecule has 0 N–H and O–H groups in total. The van der Waals surface area contributed by atoms with Crippen LogP contribution in [0.4, 0.5) is 0 Å². The highest BCUT2D eigenvalue weighted by atomic mass is 14.3. The van der Waals surface area contributed by atoms with Crippen LogP contribution >= 0.6 is 0 Å². The van der Waals surface area contributed by atoms with Crippen LogP contribution in [0.3, 0.4) is 0 Å². The lowest BCUT2D eigenvalue weighted by Crippen LogP contribution is -1.90. The molecule has 1 aliphatic carbocycles. The van der Waals surface area contributed by atoms with Crippen LogP contribution in [-0.2, 0) is 0 Å². The van der Waals surface area contributed by atoms with Gasteiger partial charge in [0, 0.05) is 27.8 Å². The quantitative estimate of drug-likeness (QED) is 0.187. The van der Waals surface area contributed by atoms with Crippen LogP contribution in [0.2, 0.25) is 0 Å². The van der Waals surface area contributed by atoms with Crippen LogP contribution < -0.4 is 0 Å². The fourth-order valence-electron chi connectivity index (χ4n) is 4.66. The Labute approximate surface area is 206 Å². The normalized spacial score (nSPS) is 11.0. The molecule has 0 saturated heterocycles. The Balaban J connectivity index is 1.66. The van der Waals surface area contributed by atoms with Crippen molar-refractivity contribution in [2.24, 2.45) is 0 Å². The number of benzene rings is 5. The molecule has 5 aromatic rings. The smallest absolute Gasteiger partial charge is 0.0341 e. The average molecular weight is 443 g/mol. The van der Waals surface area contributed by atoms with E-state index in [1.165, 1.54) is 16.7 Å². The van der Waals surface area contributed by atoms with Gasteiger partial charge < -0.3 is 0 Å². The second-order valence-corrected chi connectivity index (χ2v) is 8.50. The molecule has 0 aliphatic heterocycles. The maximum Gasteiger partial charge on any atom is 0.0341 e. The highest BCUT2D eigenvalue weighted by Gasteiger charge is 2.25. The average Bonchev–Trinajstić information content (AvgIpc) is 3.26. The molecular formula is C35H22. The van der Waals surface area contributed by atoms with Crippen molar-refractivity contribution in [3.63, 3.8) is 0 Å². The maximum atomic E-state index is 3.87. The SMILES string of the molecule is C(=C(c1ccccc1)c1ccccc1)=C1c2ccccc2-c2cccc(C#Cc3ccccc3)c21. The molecule has 35 heavy (non-hydrogen) atoms. The number of hydrogen-bond acceptors (Lipinski definition) is 0. The second kappa shape index (κ2) is 9.20. The summed E-state index contributed by atoms with van der Waals surface area (Å²) in [7, 11) is 0. The summed E-state index contributed by atoms with van der Waals surface area (Å²) in [6.45, 7) is 0. The van der Waals surface area contributed by atoms with Gasteiger partial charge in [-0.2, -0.15) is 0 Å². The van der Waals surface area contributed by atoms with E-state index < -0.39 is 0 Å². The lowest BCUT2D eigenvalue weighted by molar-refractivity contribution is 1.55. The van der Waals surface area contributed by atoms with Gasteiger partial charge in [-0.05, 0) is 46.0 Å². The molecule has 0 saturated carbocycles. The first-order valence-electron chi connectivity index (χ1n) is 11.8. The van der Waals surface area contributed by atoms with Gasteiger partial charge >= 0.3 is 0 Å². The summed E-state index contributed by atoms with van der Waals surface area (Å²) in [5, 5.41) is 0. The molecule has 0 atom stereocenters. The Morgan fingerprint density at radius 3 is 1.63 bits per heavy atom. The lowest BCUT2D eigenvalue weighted by Gasteiger charge is -2.08. The van der Waals surface area contributed by atoms with Crippen LogP contribution in [0.1, 0.15) is 33.4 Å². The third-order valence-electron chi connectivity index (χ3n) is 6.29. The minimum Gasteiger partial charge on any atom is -0.102 e. The Kier molecular flexibility index (Phi) is 5.46. The zero-order chi connectivity index (χ0) is 23.5. The van der Waals surface area contributed by atoms with Crippen LogP contribution in [0.25, 0.3) is 22.3 Å². The highest BCUT2D eigenvalue weighted by molar-refractivity contribution is 6.04. The van der Waals surface area contributed by atoms with Gasteiger partial charge in [-0.1, -0.05) is 127 Å². The molecule has 0 aromatic heterocycles. The van der Waals surface area contributed by atoms with Gasteiger partial charge in [0.2, 0.25) is 0 Å². The van der Waals surface area contributed by atoms with Gasteiger partial charge in [0.15, 0.2) is 0 Å². The predicted octanol–water partition coefficient (Wildman–Crippen LogP) is 8.23. The third kappa shape index (κ3) is 4.03. The summed E-state index contributed by atoms with van der Waals surface area (Å²) in [5.74, 6) is 6.82. The Bertz CT molecular complexity index is 1600. The van der Waals surface area contributed by atoms with E-state index in [1.807, 2.05) is 30.3 Å². The van der Waals surface area contributed by atoms with Gasteiger partial charge in [0.05, 0.1) is 0 Å². The molecule has 0 fully saturated rings. The zero-order valence-electron chi connectivity index (χ0n) is 19.2. The molecule has 0 heteroatoms. The topological polar surface area (TPSA) is 0 Å². The minimum atomic E-state index is 1.01. The molecule has 0 heterocycles. The van der Waals surface area contributed by atoms with Crippen LogP contribution in [0.5, 0.6) is 0 Å². The summed E-state index contributed by atoms with van der Waals surface area (Å²) in [6.07, 6.45) is 0. The number of fused-ring (bicyclic) bond motifs is 3. The highest BCUT2D eigenvalue weighted by Crippen LogP contribution is 2.45. The Morgan fingerprint density at radius 2 is 0.971 bits per heavy atom. The summed E-state index contributed by atoms with van der Waals surface area (Å²) < 4.78 is 0. The van der Waals surface area contributed by atoms with Crippen molar-refractivity contribution in [1.82, 2.24) is 0 Å². The van der Waals surface area contributed by atoms with E-state index in [-0.39, 0.29) is 0 Å². The first kappa shape index (κ1) is 20.8. The van der Waals surface area contributed by atoms with Gasteiger partial charge in [0.1, 0.15) is 0 Å². The summed E-state index contributed by atoms with van der Waals surface area (Å²) in [6, 6.07) is 46.2. The molecule has 0 bridgehead atoms. The first-order valence-corrected chi connectivity index (χ1v) is 11.8. The van der Waals surface area contributed by atoms with Crippen molar-refractivity contribution in [1.29, 1.82) is 0 Å². The summed E-state index contributed by atoms with van der Waals surface area (Å²) in [4.78, 5) is 0. The minimum absolute atomic E-state index is 1.01. The van der Waals surface area contributed by atoms with Crippen molar-refractivity contribution in [2.75, 3.05) is 0 Å². The summed E-state index contributed by atoms with van der Waals surface area (Å²) >= 11 is 0. The molecule has 1 aliphatic rings. The van der Waals surface area contributed by atoms with E-state index in [4.69, 9.17) is 0 Å². The van der Waals surface area contributed by atoms with Crippen molar-refractivity contribution in [3.05, 3.63) is 173 Å². The molecule has 0 unspecified atom stereocenters.